The summed E-state index contributed by atoms with van der Waals surface area (Å²) < 4.78 is 0. The number of aryl methyl sites for hydroxylation is 1. The summed E-state index contributed by atoms with van der Waals surface area (Å²) in [5.41, 5.74) is 3.28. The lowest BCUT2D eigenvalue weighted by Crippen LogP contribution is -2.08. The second-order valence-electron chi connectivity index (χ2n) is 4.23. The van der Waals surface area contributed by atoms with E-state index in [0.29, 0.717) is 5.82 Å². The van der Waals surface area contributed by atoms with Crippen molar-refractivity contribution in [1.29, 1.82) is 0 Å². The summed E-state index contributed by atoms with van der Waals surface area (Å²) in [6.45, 7) is 3.29. The summed E-state index contributed by atoms with van der Waals surface area (Å²) in [5, 5.41) is 11.6. The van der Waals surface area contributed by atoms with E-state index in [1.807, 2.05) is 31.2 Å². The summed E-state index contributed by atoms with van der Waals surface area (Å²) in [7, 11) is 0. The largest absolute Gasteiger partial charge is 0.392 e. The Morgan fingerprint density at radius 3 is 2.53 bits per heavy atom. The number of anilines is 1. The van der Waals surface area contributed by atoms with E-state index < -0.39 is 0 Å². The number of carbonyl (C=O) groups is 1. The molecule has 5 heteroatoms. The summed E-state index contributed by atoms with van der Waals surface area (Å²) in [6, 6.07) is 7.47. The van der Waals surface area contributed by atoms with E-state index in [1.54, 1.807) is 0 Å². The van der Waals surface area contributed by atoms with Gasteiger partial charge in [0.2, 0.25) is 5.91 Å². The summed E-state index contributed by atoms with van der Waals surface area (Å²) >= 11 is 0. The van der Waals surface area contributed by atoms with E-state index >= 15 is 0 Å². The van der Waals surface area contributed by atoms with E-state index in [-0.39, 0.29) is 12.5 Å². The SMILES string of the molecule is CC(=O)Nc1cnc(-c2ccc(CO)cc2)c(C)n1. The maximum absolute atomic E-state index is 10.9. The molecule has 1 aromatic heterocycles. The molecule has 5 nitrogen and oxygen atoms in total. The van der Waals surface area contributed by atoms with Crippen LogP contribution in [0.5, 0.6) is 0 Å². The van der Waals surface area contributed by atoms with Crippen molar-refractivity contribution in [1.82, 2.24) is 9.97 Å². The van der Waals surface area contributed by atoms with E-state index in [9.17, 15) is 4.79 Å². The van der Waals surface area contributed by atoms with Crippen LogP contribution in [0.25, 0.3) is 11.3 Å². The average Bonchev–Trinajstić information content (AvgIpc) is 2.38. The molecule has 1 aromatic carbocycles. The Labute approximate surface area is 111 Å². The van der Waals surface area contributed by atoms with Gasteiger partial charge in [0.15, 0.2) is 5.82 Å². The molecule has 0 atom stereocenters. The Balaban J connectivity index is 2.31. The van der Waals surface area contributed by atoms with Crippen LogP contribution >= 0.6 is 0 Å². The highest BCUT2D eigenvalue weighted by Gasteiger charge is 2.07. The Hall–Kier alpha value is -2.27. The Morgan fingerprint density at radius 1 is 1.32 bits per heavy atom. The molecule has 98 valence electrons. The van der Waals surface area contributed by atoms with Gasteiger partial charge in [0, 0.05) is 12.5 Å². The van der Waals surface area contributed by atoms with Crippen LogP contribution in [0.1, 0.15) is 18.2 Å². The van der Waals surface area contributed by atoms with Crippen LogP contribution in [0.15, 0.2) is 30.5 Å². The summed E-state index contributed by atoms with van der Waals surface area (Å²) in [5.74, 6) is 0.273. The molecular formula is C14H15N3O2. The fourth-order valence-corrected chi connectivity index (χ4v) is 1.77. The number of aromatic nitrogens is 2. The standard InChI is InChI=1S/C14H15N3O2/c1-9-14(12-5-3-11(8-18)4-6-12)15-7-13(16-9)17-10(2)19/h3-7,18H,8H2,1-2H3,(H,16,17,19). The molecule has 0 aliphatic carbocycles. The fraction of sp³-hybridized carbons (Fsp3) is 0.214. The summed E-state index contributed by atoms with van der Waals surface area (Å²) in [6.07, 6.45) is 1.53. The molecule has 0 aliphatic rings. The zero-order chi connectivity index (χ0) is 13.8. The first-order chi connectivity index (χ1) is 9.10. The van der Waals surface area contributed by atoms with Gasteiger partial charge in [-0.2, -0.15) is 0 Å². The minimum Gasteiger partial charge on any atom is -0.392 e. The number of aliphatic hydroxyl groups is 1. The van der Waals surface area contributed by atoms with Gasteiger partial charge in [-0.05, 0) is 12.5 Å². The van der Waals surface area contributed by atoms with Crippen molar-refractivity contribution < 1.29 is 9.90 Å². The van der Waals surface area contributed by atoms with Gasteiger partial charge in [0.05, 0.1) is 24.2 Å². The number of amides is 1. The molecule has 0 aliphatic heterocycles. The molecule has 0 saturated heterocycles. The molecule has 0 saturated carbocycles. The molecule has 1 amide bonds. The van der Waals surface area contributed by atoms with Crippen LogP contribution in [-0.4, -0.2) is 21.0 Å². The highest BCUT2D eigenvalue weighted by Crippen LogP contribution is 2.21. The minimum absolute atomic E-state index is 0.0202. The molecule has 2 aromatic rings. The second kappa shape index (κ2) is 5.58. The highest BCUT2D eigenvalue weighted by molar-refractivity contribution is 5.87. The molecule has 2 rings (SSSR count). The number of rotatable bonds is 3. The first-order valence-electron chi connectivity index (χ1n) is 5.91. The lowest BCUT2D eigenvalue weighted by atomic mass is 10.1. The number of nitrogens with one attached hydrogen (secondary N) is 1. The fourth-order valence-electron chi connectivity index (χ4n) is 1.77. The Bertz CT molecular complexity index is 594. The highest BCUT2D eigenvalue weighted by atomic mass is 16.3. The van der Waals surface area contributed by atoms with Crippen LogP contribution in [0.3, 0.4) is 0 Å². The van der Waals surface area contributed by atoms with Crippen LogP contribution in [0, 0.1) is 6.92 Å². The van der Waals surface area contributed by atoms with E-state index in [0.717, 1.165) is 22.5 Å². The van der Waals surface area contributed by atoms with Crippen molar-refractivity contribution in [3.63, 3.8) is 0 Å². The van der Waals surface area contributed by atoms with Gasteiger partial charge in [0.1, 0.15) is 0 Å². The maximum Gasteiger partial charge on any atom is 0.222 e. The lowest BCUT2D eigenvalue weighted by molar-refractivity contribution is -0.114. The van der Waals surface area contributed by atoms with Gasteiger partial charge in [-0.1, -0.05) is 24.3 Å². The zero-order valence-electron chi connectivity index (χ0n) is 10.8. The Morgan fingerprint density at radius 2 is 2.00 bits per heavy atom. The molecule has 0 unspecified atom stereocenters. The molecule has 0 fully saturated rings. The third-order valence-electron chi connectivity index (χ3n) is 2.66. The molecule has 19 heavy (non-hydrogen) atoms. The minimum atomic E-state index is -0.172. The molecule has 0 bridgehead atoms. The molecule has 0 spiro atoms. The van der Waals surface area contributed by atoms with Gasteiger partial charge in [-0.15, -0.1) is 0 Å². The first kappa shape index (κ1) is 13.2. The third-order valence-corrected chi connectivity index (χ3v) is 2.66. The van der Waals surface area contributed by atoms with Crippen LogP contribution in [-0.2, 0) is 11.4 Å². The van der Waals surface area contributed by atoms with Gasteiger partial charge in [-0.25, -0.2) is 4.98 Å². The van der Waals surface area contributed by atoms with Gasteiger partial charge >= 0.3 is 0 Å². The van der Waals surface area contributed by atoms with Crippen LogP contribution in [0.4, 0.5) is 5.82 Å². The van der Waals surface area contributed by atoms with Crippen LogP contribution in [0.2, 0.25) is 0 Å². The predicted molar refractivity (Wildman–Crippen MR) is 72.4 cm³/mol. The third kappa shape index (κ3) is 3.14. The van der Waals surface area contributed by atoms with Gasteiger partial charge in [0.25, 0.3) is 0 Å². The Kier molecular flexibility index (Phi) is 3.87. The number of nitrogens with zero attached hydrogens (tertiary/aromatic N) is 2. The molecular weight excluding hydrogens is 242 g/mol. The molecule has 0 radical (unpaired) electrons. The molecule has 1 heterocycles. The number of hydrogen-bond donors (Lipinski definition) is 2. The van der Waals surface area contributed by atoms with Crippen molar-refractivity contribution in [3.05, 3.63) is 41.7 Å². The monoisotopic (exact) mass is 257 g/mol. The summed E-state index contributed by atoms with van der Waals surface area (Å²) in [4.78, 5) is 19.6. The maximum atomic E-state index is 10.9. The van der Waals surface area contributed by atoms with Crippen LogP contribution < -0.4 is 5.32 Å². The molecule has 2 N–H and O–H groups in total. The smallest absolute Gasteiger partial charge is 0.222 e. The number of hydrogen-bond acceptors (Lipinski definition) is 4. The first-order valence-corrected chi connectivity index (χ1v) is 5.91. The van der Waals surface area contributed by atoms with E-state index in [2.05, 4.69) is 15.3 Å². The quantitative estimate of drug-likeness (QED) is 0.880. The predicted octanol–water partition coefficient (Wildman–Crippen LogP) is 1.90. The number of carbonyl (C=O) groups excluding carboxylic acids is 1. The normalized spacial score (nSPS) is 10.3. The van der Waals surface area contributed by atoms with Crippen molar-refractivity contribution in [2.24, 2.45) is 0 Å². The van der Waals surface area contributed by atoms with E-state index in [4.69, 9.17) is 5.11 Å². The van der Waals surface area contributed by atoms with Crippen molar-refractivity contribution in [3.8, 4) is 11.3 Å². The van der Waals surface area contributed by atoms with E-state index in [1.165, 1.54) is 13.1 Å². The average molecular weight is 257 g/mol. The van der Waals surface area contributed by atoms with Gasteiger partial charge < -0.3 is 10.4 Å². The lowest BCUT2D eigenvalue weighted by Gasteiger charge is -2.07. The van der Waals surface area contributed by atoms with Crippen molar-refractivity contribution in [2.75, 3.05) is 5.32 Å². The zero-order valence-corrected chi connectivity index (χ0v) is 10.8. The number of aliphatic hydroxyl groups excluding tert-OH is 1. The van der Waals surface area contributed by atoms with Crippen molar-refractivity contribution >= 4 is 11.7 Å². The topological polar surface area (TPSA) is 75.1 Å². The number of benzene rings is 1. The second-order valence-corrected chi connectivity index (χ2v) is 4.23. The van der Waals surface area contributed by atoms with Gasteiger partial charge in [-0.3, -0.25) is 9.78 Å². The van der Waals surface area contributed by atoms with Crippen molar-refractivity contribution in [2.45, 2.75) is 20.5 Å².